The van der Waals surface area contributed by atoms with Crippen molar-refractivity contribution in [1.82, 2.24) is 10.2 Å². The number of nitrogens with one attached hydrogen (secondary N) is 1. The van der Waals surface area contributed by atoms with E-state index in [-0.39, 0.29) is 17.7 Å². The van der Waals surface area contributed by atoms with Gasteiger partial charge in [-0.25, -0.2) is 0 Å². The number of aryl methyl sites for hydroxylation is 1. The summed E-state index contributed by atoms with van der Waals surface area (Å²) in [4.78, 5) is 29.0. The Bertz CT molecular complexity index is 576. The maximum atomic E-state index is 12.6. The molecule has 1 atom stereocenters. The second-order valence-electron chi connectivity index (χ2n) is 6.64. The summed E-state index contributed by atoms with van der Waals surface area (Å²) in [6.07, 6.45) is 7.06. The molecular weight excluding hydrogens is 308 g/mol. The summed E-state index contributed by atoms with van der Waals surface area (Å²) in [7, 11) is 0. The van der Waals surface area contributed by atoms with Crippen molar-refractivity contribution in [1.29, 1.82) is 0 Å². The van der Waals surface area contributed by atoms with Gasteiger partial charge in [0.15, 0.2) is 0 Å². The third kappa shape index (κ3) is 3.77. The van der Waals surface area contributed by atoms with Crippen LogP contribution in [0.3, 0.4) is 0 Å². The number of carbonyl (C=O) groups excluding carboxylic acids is 2. The lowest BCUT2D eigenvalue weighted by atomic mass is 9.87. The maximum Gasteiger partial charge on any atom is 0.263 e. The Morgan fingerprint density at radius 1 is 1.30 bits per heavy atom. The molecule has 2 amide bonds. The van der Waals surface area contributed by atoms with Crippen LogP contribution in [0.25, 0.3) is 0 Å². The zero-order valence-corrected chi connectivity index (χ0v) is 14.7. The second-order valence-corrected chi connectivity index (χ2v) is 7.78. The van der Waals surface area contributed by atoms with Crippen LogP contribution in [0.4, 0.5) is 0 Å². The predicted octanol–water partition coefficient (Wildman–Crippen LogP) is 3.01. The van der Waals surface area contributed by atoms with Gasteiger partial charge in [-0.2, -0.15) is 0 Å². The summed E-state index contributed by atoms with van der Waals surface area (Å²) in [6, 6.07) is 2.05. The van der Waals surface area contributed by atoms with Crippen LogP contribution in [0, 0.1) is 5.92 Å². The van der Waals surface area contributed by atoms with E-state index in [4.69, 9.17) is 0 Å². The average Bonchev–Trinajstić information content (AvgIpc) is 3.02. The lowest BCUT2D eigenvalue weighted by molar-refractivity contribution is -0.125. The van der Waals surface area contributed by atoms with E-state index >= 15 is 0 Å². The summed E-state index contributed by atoms with van der Waals surface area (Å²) < 4.78 is 0. The molecule has 5 heteroatoms. The number of fused-ring (bicyclic) bond motifs is 1. The van der Waals surface area contributed by atoms with Gasteiger partial charge in [0.05, 0.1) is 4.88 Å². The number of piperidine rings is 1. The number of carbonyl (C=O) groups is 2. The Labute approximate surface area is 142 Å². The topological polar surface area (TPSA) is 49.4 Å². The van der Waals surface area contributed by atoms with E-state index in [1.807, 2.05) is 4.90 Å². The second kappa shape index (κ2) is 7.47. The van der Waals surface area contributed by atoms with Gasteiger partial charge in [0.1, 0.15) is 0 Å². The summed E-state index contributed by atoms with van der Waals surface area (Å²) in [5, 5.41) is 3.00. The highest BCUT2D eigenvalue weighted by atomic mass is 32.1. The minimum absolute atomic E-state index is 0.0709. The monoisotopic (exact) mass is 334 g/mol. The Kier molecular flexibility index (Phi) is 5.36. The van der Waals surface area contributed by atoms with Crippen molar-refractivity contribution in [2.24, 2.45) is 5.92 Å². The Morgan fingerprint density at radius 2 is 2.09 bits per heavy atom. The van der Waals surface area contributed by atoms with E-state index < -0.39 is 0 Å². The molecule has 4 nitrogen and oxygen atoms in total. The molecule has 1 aliphatic carbocycles. The van der Waals surface area contributed by atoms with Crippen molar-refractivity contribution >= 4 is 23.2 Å². The first-order valence-corrected chi connectivity index (χ1v) is 9.69. The van der Waals surface area contributed by atoms with Crippen LogP contribution in [0.5, 0.6) is 0 Å². The normalized spacial score (nSPS) is 20.9. The Hall–Kier alpha value is -1.36. The average molecular weight is 334 g/mol. The van der Waals surface area contributed by atoms with Gasteiger partial charge in [-0.3, -0.25) is 9.59 Å². The molecular formula is C18H26N2O2S. The Morgan fingerprint density at radius 3 is 2.83 bits per heavy atom. The SMILES string of the molecule is CCCNC(=O)[C@H]1CCc2sc(C(=O)N3CCCCC3)cc2C1. The molecule has 1 aromatic rings. The van der Waals surface area contributed by atoms with Gasteiger partial charge >= 0.3 is 0 Å². The van der Waals surface area contributed by atoms with Gasteiger partial charge in [-0.15, -0.1) is 11.3 Å². The van der Waals surface area contributed by atoms with E-state index in [0.29, 0.717) is 0 Å². The van der Waals surface area contributed by atoms with Crippen LogP contribution in [-0.4, -0.2) is 36.3 Å². The van der Waals surface area contributed by atoms with Gasteiger partial charge in [-0.1, -0.05) is 6.92 Å². The minimum atomic E-state index is 0.0709. The molecule has 0 aromatic carbocycles. The van der Waals surface area contributed by atoms with Crippen LogP contribution < -0.4 is 5.32 Å². The molecule has 126 valence electrons. The number of rotatable bonds is 4. The van der Waals surface area contributed by atoms with Crippen LogP contribution in [0.15, 0.2) is 6.07 Å². The molecule has 1 N–H and O–H groups in total. The minimum Gasteiger partial charge on any atom is -0.356 e. The molecule has 2 aliphatic rings. The molecule has 1 saturated heterocycles. The fourth-order valence-corrected chi connectivity index (χ4v) is 4.67. The molecule has 0 unspecified atom stereocenters. The number of amides is 2. The molecule has 23 heavy (non-hydrogen) atoms. The molecule has 3 rings (SSSR count). The fraction of sp³-hybridized carbons (Fsp3) is 0.667. The first-order chi connectivity index (χ1) is 11.2. The zero-order valence-electron chi connectivity index (χ0n) is 13.9. The lowest BCUT2D eigenvalue weighted by Gasteiger charge is -2.26. The molecule has 1 fully saturated rings. The van der Waals surface area contributed by atoms with E-state index in [0.717, 1.165) is 63.0 Å². The van der Waals surface area contributed by atoms with Crippen molar-refractivity contribution in [3.8, 4) is 0 Å². The molecule has 0 radical (unpaired) electrons. The first kappa shape index (κ1) is 16.5. The quantitative estimate of drug-likeness (QED) is 0.920. The standard InChI is InChI=1S/C18H26N2O2S/c1-2-8-19-17(21)13-6-7-15-14(11-13)12-16(23-15)18(22)20-9-4-3-5-10-20/h12-13H,2-11H2,1H3,(H,19,21)/t13-/m0/s1. The molecule has 2 heterocycles. The van der Waals surface area contributed by atoms with Crippen molar-refractivity contribution in [3.05, 3.63) is 21.4 Å². The van der Waals surface area contributed by atoms with E-state index in [9.17, 15) is 9.59 Å². The van der Waals surface area contributed by atoms with Crippen molar-refractivity contribution in [2.75, 3.05) is 19.6 Å². The van der Waals surface area contributed by atoms with Gasteiger partial charge in [0.25, 0.3) is 5.91 Å². The summed E-state index contributed by atoms with van der Waals surface area (Å²) in [5.41, 5.74) is 1.22. The third-order valence-electron chi connectivity index (χ3n) is 4.86. The van der Waals surface area contributed by atoms with E-state index in [2.05, 4.69) is 18.3 Å². The summed E-state index contributed by atoms with van der Waals surface area (Å²) in [5.74, 6) is 0.435. The molecule has 0 bridgehead atoms. The number of thiophene rings is 1. The third-order valence-corrected chi connectivity index (χ3v) is 6.08. The van der Waals surface area contributed by atoms with Crippen molar-refractivity contribution < 1.29 is 9.59 Å². The van der Waals surface area contributed by atoms with E-state index in [1.54, 1.807) is 11.3 Å². The largest absolute Gasteiger partial charge is 0.356 e. The van der Waals surface area contributed by atoms with Crippen molar-refractivity contribution in [2.45, 2.75) is 51.9 Å². The lowest BCUT2D eigenvalue weighted by Crippen LogP contribution is -2.35. The number of hydrogen-bond donors (Lipinski definition) is 1. The number of nitrogens with zero attached hydrogens (tertiary/aromatic N) is 1. The van der Waals surface area contributed by atoms with Crippen LogP contribution in [-0.2, 0) is 17.6 Å². The maximum absolute atomic E-state index is 12.6. The highest BCUT2D eigenvalue weighted by Crippen LogP contribution is 2.33. The van der Waals surface area contributed by atoms with Gasteiger partial charge < -0.3 is 10.2 Å². The molecule has 0 saturated carbocycles. The van der Waals surface area contributed by atoms with Crippen LogP contribution in [0.2, 0.25) is 0 Å². The van der Waals surface area contributed by atoms with Crippen LogP contribution >= 0.6 is 11.3 Å². The van der Waals surface area contributed by atoms with Gasteiger partial charge in [0.2, 0.25) is 5.91 Å². The van der Waals surface area contributed by atoms with Crippen LogP contribution in [0.1, 0.15) is 59.1 Å². The highest BCUT2D eigenvalue weighted by molar-refractivity contribution is 7.14. The van der Waals surface area contributed by atoms with Gasteiger partial charge in [-0.05, 0) is 56.6 Å². The number of likely N-dealkylation sites (tertiary alicyclic amines) is 1. The predicted molar refractivity (Wildman–Crippen MR) is 92.9 cm³/mol. The van der Waals surface area contributed by atoms with E-state index in [1.165, 1.54) is 16.9 Å². The molecule has 1 aromatic heterocycles. The van der Waals surface area contributed by atoms with Gasteiger partial charge in [0, 0.05) is 30.4 Å². The Balaban J connectivity index is 1.66. The fourth-order valence-electron chi connectivity index (χ4n) is 3.50. The first-order valence-electron chi connectivity index (χ1n) is 8.87. The highest BCUT2D eigenvalue weighted by Gasteiger charge is 2.28. The molecule has 0 spiro atoms. The smallest absolute Gasteiger partial charge is 0.263 e. The summed E-state index contributed by atoms with van der Waals surface area (Å²) >= 11 is 1.65. The zero-order chi connectivity index (χ0) is 16.2. The number of hydrogen-bond acceptors (Lipinski definition) is 3. The molecule has 1 aliphatic heterocycles. The summed E-state index contributed by atoms with van der Waals surface area (Å²) in [6.45, 7) is 4.61. The van der Waals surface area contributed by atoms with Crippen molar-refractivity contribution in [3.63, 3.8) is 0 Å².